The summed E-state index contributed by atoms with van der Waals surface area (Å²) in [5.74, 6) is -0.511. The number of hydrogen-bond acceptors (Lipinski definition) is 3. The first-order valence-electron chi connectivity index (χ1n) is 10.3. The summed E-state index contributed by atoms with van der Waals surface area (Å²) >= 11 is 0. The Morgan fingerprint density at radius 3 is 2.33 bits per heavy atom. The summed E-state index contributed by atoms with van der Waals surface area (Å²) in [6, 6.07) is 17.2. The maximum atomic E-state index is 12.6. The number of amides is 3. The van der Waals surface area contributed by atoms with Crippen molar-refractivity contribution in [2.24, 2.45) is 0 Å². The molecule has 1 unspecified atom stereocenters. The molecule has 1 aliphatic carbocycles. The van der Waals surface area contributed by atoms with Crippen LogP contribution in [0.3, 0.4) is 0 Å². The number of carbonyl (C=O) groups is 3. The van der Waals surface area contributed by atoms with Crippen molar-refractivity contribution in [3.8, 4) is 0 Å². The predicted molar refractivity (Wildman–Crippen MR) is 115 cm³/mol. The van der Waals surface area contributed by atoms with E-state index in [2.05, 4.69) is 16.0 Å². The summed E-state index contributed by atoms with van der Waals surface area (Å²) in [4.78, 5) is 37.7. The van der Waals surface area contributed by atoms with Gasteiger partial charge < -0.3 is 20.9 Å². The van der Waals surface area contributed by atoms with Crippen molar-refractivity contribution in [1.82, 2.24) is 10.6 Å². The predicted octanol–water partition coefficient (Wildman–Crippen LogP) is 0.391. The molecule has 30 heavy (non-hydrogen) atoms. The molecule has 7 heteroatoms. The number of likely N-dealkylation sites (N-methyl/N-ethyl adjacent to an activating group) is 1. The lowest BCUT2D eigenvalue weighted by molar-refractivity contribution is -0.862. The van der Waals surface area contributed by atoms with Crippen LogP contribution in [-0.4, -0.2) is 50.4 Å². The zero-order valence-corrected chi connectivity index (χ0v) is 17.2. The normalized spacial score (nSPS) is 13.9. The second kappa shape index (κ2) is 10.5. The van der Waals surface area contributed by atoms with E-state index in [4.69, 9.17) is 0 Å². The van der Waals surface area contributed by atoms with Crippen molar-refractivity contribution < 1.29 is 19.3 Å². The van der Waals surface area contributed by atoms with Gasteiger partial charge in [-0.15, -0.1) is 0 Å². The largest absolute Gasteiger partial charge is 0.352 e. The van der Waals surface area contributed by atoms with Crippen LogP contribution in [0.2, 0.25) is 0 Å². The Labute approximate surface area is 176 Å². The first-order chi connectivity index (χ1) is 14.5. The minimum Gasteiger partial charge on any atom is -0.352 e. The van der Waals surface area contributed by atoms with Crippen LogP contribution < -0.4 is 20.9 Å². The molecule has 7 nitrogen and oxygen atoms in total. The second-order valence-corrected chi connectivity index (χ2v) is 7.74. The number of benzene rings is 2. The van der Waals surface area contributed by atoms with Gasteiger partial charge in [0.25, 0.3) is 17.7 Å². The first kappa shape index (κ1) is 21.5. The fourth-order valence-electron chi connectivity index (χ4n) is 3.16. The fourth-order valence-corrected chi connectivity index (χ4v) is 3.16. The molecule has 1 aliphatic rings. The van der Waals surface area contributed by atoms with Gasteiger partial charge in [-0.3, -0.25) is 14.4 Å². The molecule has 0 spiro atoms. The molecule has 3 amide bonds. The van der Waals surface area contributed by atoms with E-state index in [1.165, 1.54) is 0 Å². The molecule has 1 saturated carbocycles. The van der Waals surface area contributed by atoms with E-state index in [0.29, 0.717) is 23.8 Å². The van der Waals surface area contributed by atoms with Crippen molar-refractivity contribution in [1.29, 1.82) is 0 Å². The number of carbonyl (C=O) groups excluding carboxylic acids is 3. The molecule has 0 heterocycles. The Balaban J connectivity index is 1.48. The number of anilines is 1. The lowest BCUT2D eigenvalue weighted by Crippen LogP contribution is -3.11. The van der Waals surface area contributed by atoms with Gasteiger partial charge in [0.05, 0.1) is 18.3 Å². The van der Waals surface area contributed by atoms with Crippen LogP contribution in [0, 0.1) is 0 Å². The molecule has 3 rings (SSSR count). The van der Waals surface area contributed by atoms with E-state index in [9.17, 15) is 14.4 Å². The monoisotopic (exact) mass is 409 g/mol. The Morgan fingerprint density at radius 1 is 0.933 bits per heavy atom. The molecule has 0 saturated heterocycles. The van der Waals surface area contributed by atoms with Crippen LogP contribution in [0.25, 0.3) is 0 Å². The maximum Gasteiger partial charge on any atom is 0.279 e. The lowest BCUT2D eigenvalue weighted by atomic mass is 10.1. The Kier molecular flexibility index (Phi) is 7.57. The number of para-hydroxylation sites is 1. The van der Waals surface area contributed by atoms with Gasteiger partial charge in [0.2, 0.25) is 0 Å². The van der Waals surface area contributed by atoms with Gasteiger partial charge in [0.1, 0.15) is 0 Å². The molecule has 0 aromatic heterocycles. The van der Waals surface area contributed by atoms with Gasteiger partial charge in [-0.25, -0.2) is 0 Å². The third kappa shape index (κ3) is 7.00. The highest BCUT2D eigenvalue weighted by Crippen LogP contribution is 2.18. The molecule has 0 radical (unpaired) electrons. The molecule has 2 aromatic rings. The topological polar surface area (TPSA) is 91.7 Å². The highest BCUT2D eigenvalue weighted by molar-refractivity contribution is 6.03. The summed E-state index contributed by atoms with van der Waals surface area (Å²) in [6.07, 6.45) is 2.81. The van der Waals surface area contributed by atoms with Crippen molar-refractivity contribution in [3.63, 3.8) is 0 Å². The van der Waals surface area contributed by atoms with Gasteiger partial charge in [-0.1, -0.05) is 42.5 Å². The lowest BCUT2D eigenvalue weighted by Gasteiger charge is -2.15. The summed E-state index contributed by atoms with van der Waals surface area (Å²) in [5.41, 5.74) is 2.04. The second-order valence-electron chi connectivity index (χ2n) is 7.74. The van der Waals surface area contributed by atoms with Crippen molar-refractivity contribution in [2.75, 3.05) is 32.0 Å². The number of quaternary nitrogens is 1. The summed E-state index contributed by atoms with van der Waals surface area (Å²) in [7, 11) is 1.80. The Hall–Kier alpha value is -3.19. The summed E-state index contributed by atoms with van der Waals surface area (Å²) in [5, 5.41) is 8.63. The van der Waals surface area contributed by atoms with Crippen LogP contribution in [0.4, 0.5) is 5.69 Å². The average molecular weight is 410 g/mol. The van der Waals surface area contributed by atoms with Crippen molar-refractivity contribution in [2.45, 2.75) is 25.3 Å². The summed E-state index contributed by atoms with van der Waals surface area (Å²) in [6.45, 7) is 0.891. The molecule has 4 N–H and O–H groups in total. The van der Waals surface area contributed by atoms with E-state index in [1.54, 1.807) is 31.3 Å². The number of hydrogen-bond donors (Lipinski definition) is 4. The van der Waals surface area contributed by atoms with Gasteiger partial charge in [0, 0.05) is 12.6 Å². The molecular weight excluding hydrogens is 380 g/mol. The van der Waals surface area contributed by atoms with E-state index in [-0.39, 0.29) is 30.8 Å². The molecule has 2 aromatic carbocycles. The fraction of sp³-hybridized carbons (Fsp3) is 0.348. The van der Waals surface area contributed by atoms with Crippen molar-refractivity contribution >= 4 is 23.4 Å². The van der Waals surface area contributed by atoms with Crippen molar-refractivity contribution in [3.05, 3.63) is 65.7 Å². The van der Waals surface area contributed by atoms with Crippen LogP contribution in [0.15, 0.2) is 54.6 Å². The smallest absolute Gasteiger partial charge is 0.279 e. The van der Waals surface area contributed by atoms with Gasteiger partial charge >= 0.3 is 0 Å². The SMILES string of the molecule is C[NH+](CC(=O)Nc1ccccc1C(=O)NCCc1ccccc1)CC(=O)NC1CC1. The van der Waals surface area contributed by atoms with E-state index in [1.807, 2.05) is 30.3 Å². The highest BCUT2D eigenvalue weighted by atomic mass is 16.2. The Bertz CT molecular complexity index is 881. The summed E-state index contributed by atoms with van der Waals surface area (Å²) < 4.78 is 0. The zero-order valence-electron chi connectivity index (χ0n) is 17.2. The zero-order chi connectivity index (χ0) is 21.3. The Morgan fingerprint density at radius 2 is 1.60 bits per heavy atom. The molecule has 0 aliphatic heterocycles. The van der Waals surface area contributed by atoms with Gasteiger partial charge in [0.15, 0.2) is 13.1 Å². The van der Waals surface area contributed by atoms with E-state index < -0.39 is 0 Å². The maximum absolute atomic E-state index is 12.6. The van der Waals surface area contributed by atoms with Crippen LogP contribution in [-0.2, 0) is 16.0 Å². The third-order valence-electron chi connectivity index (χ3n) is 4.85. The molecular formula is C23H29N4O3+. The first-order valence-corrected chi connectivity index (χ1v) is 10.3. The van der Waals surface area contributed by atoms with E-state index >= 15 is 0 Å². The molecule has 1 fully saturated rings. The molecule has 158 valence electrons. The number of nitrogens with one attached hydrogen (secondary N) is 4. The molecule has 0 bridgehead atoms. The van der Waals surface area contributed by atoms with Gasteiger partial charge in [-0.2, -0.15) is 0 Å². The van der Waals surface area contributed by atoms with Gasteiger partial charge in [-0.05, 0) is 37.0 Å². The minimum atomic E-state index is -0.240. The minimum absolute atomic E-state index is 0.0407. The third-order valence-corrected chi connectivity index (χ3v) is 4.85. The quantitative estimate of drug-likeness (QED) is 0.458. The van der Waals surface area contributed by atoms with Crippen LogP contribution in [0.1, 0.15) is 28.8 Å². The average Bonchev–Trinajstić information content (AvgIpc) is 3.52. The van der Waals surface area contributed by atoms with Crippen LogP contribution >= 0.6 is 0 Å². The van der Waals surface area contributed by atoms with Crippen LogP contribution in [0.5, 0.6) is 0 Å². The highest BCUT2D eigenvalue weighted by Gasteiger charge is 2.25. The standard InChI is InChI=1S/C23H28N4O3/c1-27(15-21(28)25-18-11-12-18)16-22(29)26-20-10-6-5-9-19(20)23(30)24-14-13-17-7-3-2-4-8-17/h2-10,18H,11-16H2,1H3,(H,24,30)(H,25,28)(H,26,29)/p+1. The van der Waals surface area contributed by atoms with E-state index in [0.717, 1.165) is 29.7 Å². The molecule has 1 atom stereocenters. The number of rotatable bonds is 10.